The lowest BCUT2D eigenvalue weighted by Gasteiger charge is -2.17. The van der Waals surface area contributed by atoms with E-state index in [1.165, 1.54) is 0 Å². The van der Waals surface area contributed by atoms with E-state index in [2.05, 4.69) is 25.2 Å². The highest BCUT2D eigenvalue weighted by Crippen LogP contribution is 2.33. The molecule has 1 aromatic carbocycles. The maximum atomic E-state index is 13.3. The second kappa shape index (κ2) is 7.12. The minimum Gasteiger partial charge on any atom is -0.312 e. The number of fused-ring (bicyclic) bond motifs is 2. The van der Waals surface area contributed by atoms with Gasteiger partial charge >= 0.3 is 0 Å². The minimum atomic E-state index is -3.65. The maximum absolute atomic E-state index is 13.3. The van der Waals surface area contributed by atoms with Crippen molar-refractivity contribution < 1.29 is 8.42 Å². The molecule has 0 spiro atoms. The third kappa shape index (κ3) is 3.02. The fraction of sp³-hybridized carbons (Fsp3) is 0.368. The Morgan fingerprint density at radius 1 is 1.17 bits per heavy atom. The van der Waals surface area contributed by atoms with Crippen LogP contribution in [0.4, 0.5) is 0 Å². The van der Waals surface area contributed by atoms with E-state index in [0.29, 0.717) is 24.1 Å². The molecule has 0 unspecified atom stereocenters. The maximum Gasteiger partial charge on any atom is 0.245 e. The summed E-state index contributed by atoms with van der Waals surface area (Å²) in [5, 5.41) is 0. The van der Waals surface area contributed by atoms with Gasteiger partial charge in [0.05, 0.1) is 11.7 Å². The lowest BCUT2D eigenvalue weighted by molar-refractivity contribution is 0.469. The minimum absolute atomic E-state index is 0.0401. The largest absolute Gasteiger partial charge is 0.312 e. The molecular formula is C19H20N6O2S2. The van der Waals surface area contributed by atoms with Gasteiger partial charge in [-0.1, -0.05) is 13.0 Å². The number of benzene rings is 1. The molecule has 0 bridgehead atoms. The molecule has 10 heteroatoms. The van der Waals surface area contributed by atoms with E-state index < -0.39 is 10.0 Å². The van der Waals surface area contributed by atoms with Gasteiger partial charge in [0.15, 0.2) is 5.65 Å². The molecular weight excluding hydrogens is 408 g/mol. The van der Waals surface area contributed by atoms with Gasteiger partial charge in [0.2, 0.25) is 10.0 Å². The number of pyridine rings is 1. The second-order valence-electron chi connectivity index (χ2n) is 7.20. The lowest BCUT2D eigenvalue weighted by Crippen LogP contribution is -2.29. The number of rotatable bonds is 5. The monoisotopic (exact) mass is 428 g/mol. The summed E-state index contributed by atoms with van der Waals surface area (Å²) in [5.74, 6) is 0.963. The summed E-state index contributed by atoms with van der Waals surface area (Å²) < 4.78 is 38.7. The van der Waals surface area contributed by atoms with Crippen LogP contribution >= 0.6 is 11.7 Å². The normalized spacial score (nSPS) is 18.2. The van der Waals surface area contributed by atoms with E-state index in [1.54, 1.807) is 28.7 Å². The van der Waals surface area contributed by atoms with Crippen molar-refractivity contribution in [1.29, 1.82) is 0 Å². The molecule has 0 saturated carbocycles. The highest BCUT2D eigenvalue weighted by atomic mass is 32.2. The van der Waals surface area contributed by atoms with Crippen molar-refractivity contribution in [3.8, 4) is 0 Å². The Kier molecular flexibility index (Phi) is 4.56. The first-order valence-electron chi connectivity index (χ1n) is 9.62. The smallest absolute Gasteiger partial charge is 0.245 e. The standard InChI is InChI=1S/C19H20N6O2S2/c1-2-10-25-18(21-15-6-4-9-20-19(15)25)13-8-11-24(12-13)29(26,27)16-7-3-5-14-17(16)23-28-22-14/h3-7,9,13H,2,8,10-12H2,1H3/t13-/m0/s1. The van der Waals surface area contributed by atoms with Gasteiger partial charge in [-0.3, -0.25) is 0 Å². The van der Waals surface area contributed by atoms with E-state index in [1.807, 2.05) is 12.1 Å². The first kappa shape index (κ1) is 18.6. The first-order chi connectivity index (χ1) is 14.1. The first-order valence-corrected chi connectivity index (χ1v) is 11.8. The molecule has 1 aliphatic rings. The van der Waals surface area contributed by atoms with Gasteiger partial charge in [-0.15, -0.1) is 0 Å². The number of hydrogen-bond acceptors (Lipinski definition) is 7. The van der Waals surface area contributed by atoms with Crippen LogP contribution in [0.5, 0.6) is 0 Å². The van der Waals surface area contributed by atoms with E-state index >= 15 is 0 Å². The Bertz CT molecular complexity index is 1300. The van der Waals surface area contributed by atoms with Gasteiger partial charge in [0.25, 0.3) is 0 Å². The predicted molar refractivity (Wildman–Crippen MR) is 111 cm³/mol. The van der Waals surface area contributed by atoms with Crippen molar-refractivity contribution in [2.45, 2.75) is 37.1 Å². The number of aromatic nitrogens is 5. The van der Waals surface area contributed by atoms with Crippen molar-refractivity contribution in [1.82, 2.24) is 27.6 Å². The number of nitrogens with zero attached hydrogens (tertiary/aromatic N) is 6. The van der Waals surface area contributed by atoms with E-state index in [-0.39, 0.29) is 10.8 Å². The van der Waals surface area contributed by atoms with Crippen LogP contribution in [0.3, 0.4) is 0 Å². The molecule has 150 valence electrons. The van der Waals surface area contributed by atoms with Crippen LogP contribution in [0.15, 0.2) is 41.4 Å². The summed E-state index contributed by atoms with van der Waals surface area (Å²) in [6, 6.07) is 8.95. The number of aryl methyl sites for hydroxylation is 1. The third-order valence-corrected chi connectivity index (χ3v) is 7.80. The Morgan fingerprint density at radius 2 is 2.03 bits per heavy atom. The van der Waals surface area contributed by atoms with Crippen LogP contribution in [0.1, 0.15) is 31.5 Å². The predicted octanol–water partition coefficient (Wildman–Crippen LogP) is 3.02. The Labute approximate surface area is 172 Å². The van der Waals surface area contributed by atoms with Gasteiger partial charge in [0, 0.05) is 31.7 Å². The highest BCUT2D eigenvalue weighted by Gasteiger charge is 2.36. The fourth-order valence-electron chi connectivity index (χ4n) is 4.02. The van der Waals surface area contributed by atoms with Crippen molar-refractivity contribution in [2.24, 2.45) is 0 Å². The Morgan fingerprint density at radius 3 is 2.90 bits per heavy atom. The summed E-state index contributed by atoms with van der Waals surface area (Å²) in [4.78, 5) is 9.52. The number of sulfonamides is 1. The summed E-state index contributed by atoms with van der Waals surface area (Å²) >= 11 is 1.03. The average molecular weight is 429 g/mol. The molecule has 1 aliphatic heterocycles. The number of hydrogen-bond donors (Lipinski definition) is 0. The van der Waals surface area contributed by atoms with Gasteiger partial charge in [0.1, 0.15) is 27.3 Å². The molecule has 29 heavy (non-hydrogen) atoms. The van der Waals surface area contributed by atoms with Crippen LogP contribution in [0.2, 0.25) is 0 Å². The summed E-state index contributed by atoms with van der Waals surface area (Å²) in [5.41, 5.74) is 2.78. The molecule has 0 radical (unpaired) electrons. The van der Waals surface area contributed by atoms with Gasteiger partial charge < -0.3 is 4.57 Å². The molecule has 4 heterocycles. The average Bonchev–Trinajstić information content (AvgIpc) is 3.46. The Balaban J connectivity index is 1.50. The molecule has 0 N–H and O–H groups in total. The van der Waals surface area contributed by atoms with E-state index in [4.69, 9.17) is 4.98 Å². The molecule has 1 saturated heterocycles. The van der Waals surface area contributed by atoms with E-state index in [9.17, 15) is 8.42 Å². The van der Waals surface area contributed by atoms with Crippen LogP contribution in [0, 0.1) is 0 Å². The van der Waals surface area contributed by atoms with Crippen molar-refractivity contribution >= 4 is 43.9 Å². The highest BCUT2D eigenvalue weighted by molar-refractivity contribution is 7.89. The second-order valence-corrected chi connectivity index (χ2v) is 9.64. The molecule has 0 aliphatic carbocycles. The van der Waals surface area contributed by atoms with Crippen LogP contribution in [-0.4, -0.2) is 49.1 Å². The molecule has 3 aromatic heterocycles. The van der Waals surface area contributed by atoms with Crippen LogP contribution in [0.25, 0.3) is 22.2 Å². The fourth-order valence-corrected chi connectivity index (χ4v) is 6.27. The topological polar surface area (TPSA) is 93.9 Å². The molecule has 4 aromatic rings. The van der Waals surface area contributed by atoms with E-state index in [0.717, 1.165) is 48.1 Å². The quantitative estimate of drug-likeness (QED) is 0.485. The molecule has 0 amide bonds. The zero-order valence-corrected chi connectivity index (χ0v) is 17.5. The van der Waals surface area contributed by atoms with Crippen molar-refractivity contribution in [3.05, 3.63) is 42.4 Å². The zero-order chi connectivity index (χ0) is 20.0. The van der Waals surface area contributed by atoms with Gasteiger partial charge in [-0.25, -0.2) is 18.4 Å². The van der Waals surface area contributed by atoms with Gasteiger partial charge in [-0.2, -0.15) is 13.1 Å². The molecule has 8 nitrogen and oxygen atoms in total. The van der Waals surface area contributed by atoms with Crippen molar-refractivity contribution in [2.75, 3.05) is 13.1 Å². The lowest BCUT2D eigenvalue weighted by atomic mass is 10.1. The van der Waals surface area contributed by atoms with Crippen molar-refractivity contribution in [3.63, 3.8) is 0 Å². The zero-order valence-electron chi connectivity index (χ0n) is 15.9. The number of imidazole rings is 1. The van der Waals surface area contributed by atoms with Crippen LogP contribution in [-0.2, 0) is 16.6 Å². The summed E-state index contributed by atoms with van der Waals surface area (Å²) in [6.07, 6.45) is 3.47. The third-order valence-electron chi connectivity index (χ3n) is 5.36. The van der Waals surface area contributed by atoms with Gasteiger partial charge in [-0.05, 0) is 37.1 Å². The Hall–Kier alpha value is -2.43. The molecule has 1 atom stereocenters. The summed E-state index contributed by atoms with van der Waals surface area (Å²) in [6.45, 7) is 3.80. The molecule has 1 fully saturated rings. The SMILES string of the molecule is CCCn1c([C@H]2CCN(S(=O)(=O)c3cccc4nsnc34)C2)nc2cccnc21. The molecule has 5 rings (SSSR count). The van der Waals surface area contributed by atoms with Crippen LogP contribution < -0.4 is 0 Å². The summed E-state index contributed by atoms with van der Waals surface area (Å²) in [7, 11) is -3.65.